The Labute approximate surface area is 135 Å². The maximum atomic E-state index is 12.7. The molecule has 0 fully saturated rings. The second-order valence-electron chi connectivity index (χ2n) is 4.67. The van der Waals surface area contributed by atoms with Crippen molar-refractivity contribution in [1.29, 1.82) is 10.5 Å². The van der Waals surface area contributed by atoms with Crippen molar-refractivity contribution in [2.45, 2.75) is 12.1 Å². The van der Waals surface area contributed by atoms with Gasteiger partial charge in [-0.3, -0.25) is 0 Å². The zero-order valence-electron chi connectivity index (χ0n) is 11.6. The molecule has 0 bridgehead atoms. The van der Waals surface area contributed by atoms with Gasteiger partial charge in [-0.25, -0.2) is 0 Å². The van der Waals surface area contributed by atoms with Crippen molar-refractivity contribution in [3.05, 3.63) is 65.0 Å². The summed E-state index contributed by atoms with van der Waals surface area (Å²) in [4.78, 5) is 0. The van der Waals surface area contributed by atoms with Crippen LogP contribution in [0, 0.1) is 22.7 Å². The molecule has 1 atom stereocenters. The SMILES string of the molecule is C=C(C#N)C(C#N)c1cccn1-c1ccc(C(F)(F)F)cc1Cl. The molecule has 0 radical (unpaired) electrons. The second-order valence-corrected chi connectivity index (χ2v) is 5.07. The third kappa shape index (κ3) is 3.23. The van der Waals surface area contributed by atoms with E-state index in [9.17, 15) is 18.4 Å². The molecule has 0 N–H and O–H groups in total. The Morgan fingerprint density at radius 3 is 2.48 bits per heavy atom. The first-order chi connectivity index (χ1) is 10.8. The normalized spacial score (nSPS) is 12.3. The Morgan fingerprint density at radius 2 is 1.96 bits per heavy atom. The number of nitriles is 2. The first-order valence-corrected chi connectivity index (χ1v) is 6.70. The number of hydrogen-bond donors (Lipinski definition) is 0. The number of halogens is 4. The Kier molecular flexibility index (Phi) is 4.49. The van der Waals surface area contributed by atoms with Gasteiger partial charge in [-0.15, -0.1) is 0 Å². The van der Waals surface area contributed by atoms with E-state index in [1.807, 2.05) is 12.1 Å². The summed E-state index contributed by atoms with van der Waals surface area (Å²) in [5.74, 6) is -0.909. The van der Waals surface area contributed by atoms with Crippen molar-refractivity contribution in [1.82, 2.24) is 4.57 Å². The average molecular weight is 336 g/mol. The largest absolute Gasteiger partial charge is 0.416 e. The molecule has 2 aromatic rings. The third-order valence-corrected chi connectivity index (χ3v) is 3.53. The molecular weight excluding hydrogens is 327 g/mol. The molecule has 0 saturated heterocycles. The van der Waals surface area contributed by atoms with Gasteiger partial charge in [0.1, 0.15) is 5.92 Å². The van der Waals surface area contributed by atoms with Crippen LogP contribution in [0.25, 0.3) is 5.69 Å². The van der Waals surface area contributed by atoms with Crippen LogP contribution in [0.2, 0.25) is 5.02 Å². The van der Waals surface area contributed by atoms with Crippen LogP contribution in [0.5, 0.6) is 0 Å². The molecule has 2 rings (SSSR count). The van der Waals surface area contributed by atoms with Crippen LogP contribution in [0.4, 0.5) is 13.2 Å². The molecule has 3 nitrogen and oxygen atoms in total. The molecule has 1 heterocycles. The minimum absolute atomic E-state index is 0.0375. The van der Waals surface area contributed by atoms with E-state index in [2.05, 4.69) is 6.58 Å². The first kappa shape index (κ1) is 16.7. The predicted octanol–water partition coefficient (Wildman–Crippen LogP) is 4.84. The van der Waals surface area contributed by atoms with Crippen LogP contribution < -0.4 is 0 Å². The van der Waals surface area contributed by atoms with Gasteiger partial charge in [-0.2, -0.15) is 23.7 Å². The van der Waals surface area contributed by atoms with Crippen molar-refractivity contribution in [3.8, 4) is 17.8 Å². The summed E-state index contributed by atoms with van der Waals surface area (Å²) >= 11 is 5.97. The zero-order chi connectivity index (χ0) is 17.2. The van der Waals surface area contributed by atoms with E-state index >= 15 is 0 Å². The van der Waals surface area contributed by atoms with Gasteiger partial charge < -0.3 is 4.57 Å². The molecule has 0 aliphatic carbocycles. The summed E-state index contributed by atoms with van der Waals surface area (Å²) in [5, 5.41) is 18.0. The lowest BCUT2D eigenvalue weighted by Crippen LogP contribution is -2.08. The highest BCUT2D eigenvalue weighted by Crippen LogP contribution is 2.34. The number of hydrogen-bond acceptors (Lipinski definition) is 2. The third-order valence-electron chi connectivity index (χ3n) is 3.23. The lowest BCUT2D eigenvalue weighted by molar-refractivity contribution is -0.137. The smallest absolute Gasteiger partial charge is 0.318 e. The maximum Gasteiger partial charge on any atom is 0.416 e. The highest BCUT2D eigenvalue weighted by atomic mass is 35.5. The standard InChI is InChI=1S/C16H9ClF3N3/c1-10(8-21)12(9-22)14-3-2-6-23(14)15-5-4-11(7-13(15)17)16(18,19)20/h2-7,12H,1H2. The lowest BCUT2D eigenvalue weighted by Gasteiger charge is -2.15. The number of benzene rings is 1. The summed E-state index contributed by atoms with van der Waals surface area (Å²) in [7, 11) is 0. The fraction of sp³-hybridized carbons (Fsp3) is 0.125. The predicted molar refractivity (Wildman–Crippen MR) is 78.9 cm³/mol. The van der Waals surface area contributed by atoms with Gasteiger partial charge in [0.25, 0.3) is 0 Å². The van der Waals surface area contributed by atoms with E-state index in [-0.39, 0.29) is 16.3 Å². The van der Waals surface area contributed by atoms with Crippen LogP contribution in [-0.4, -0.2) is 4.57 Å². The van der Waals surface area contributed by atoms with E-state index < -0.39 is 17.7 Å². The number of aromatic nitrogens is 1. The maximum absolute atomic E-state index is 12.7. The Morgan fingerprint density at radius 1 is 1.26 bits per heavy atom. The van der Waals surface area contributed by atoms with Crippen LogP contribution in [0.15, 0.2) is 48.7 Å². The van der Waals surface area contributed by atoms with Gasteiger partial charge in [-0.05, 0) is 30.3 Å². The highest BCUT2D eigenvalue weighted by molar-refractivity contribution is 6.32. The van der Waals surface area contributed by atoms with Crippen molar-refractivity contribution < 1.29 is 13.2 Å². The van der Waals surface area contributed by atoms with Gasteiger partial charge >= 0.3 is 6.18 Å². The summed E-state index contributed by atoms with van der Waals surface area (Å²) in [6.07, 6.45) is -2.94. The number of alkyl halides is 3. The van der Waals surface area contributed by atoms with Crippen molar-refractivity contribution >= 4 is 11.6 Å². The molecule has 0 spiro atoms. The van der Waals surface area contributed by atoms with Gasteiger partial charge in [0.15, 0.2) is 0 Å². The molecule has 23 heavy (non-hydrogen) atoms. The number of allylic oxidation sites excluding steroid dienone is 1. The molecule has 116 valence electrons. The van der Waals surface area contributed by atoms with Crippen LogP contribution in [0.1, 0.15) is 17.2 Å². The van der Waals surface area contributed by atoms with E-state index in [0.717, 1.165) is 12.1 Å². The van der Waals surface area contributed by atoms with Crippen LogP contribution >= 0.6 is 11.6 Å². The minimum Gasteiger partial charge on any atom is -0.318 e. The second kappa shape index (κ2) is 6.20. The molecule has 0 aliphatic heterocycles. The highest BCUT2D eigenvalue weighted by Gasteiger charge is 2.31. The zero-order valence-corrected chi connectivity index (χ0v) is 12.4. The van der Waals surface area contributed by atoms with Crippen molar-refractivity contribution in [3.63, 3.8) is 0 Å². The molecule has 0 aliphatic rings. The number of rotatable bonds is 3. The molecule has 1 aromatic carbocycles. The summed E-state index contributed by atoms with van der Waals surface area (Å²) in [5.41, 5.74) is -0.139. The summed E-state index contributed by atoms with van der Waals surface area (Å²) in [6.45, 7) is 3.53. The minimum atomic E-state index is -4.49. The molecular formula is C16H9ClF3N3. The lowest BCUT2D eigenvalue weighted by atomic mass is 9.99. The van der Waals surface area contributed by atoms with Gasteiger partial charge in [0.2, 0.25) is 0 Å². The monoisotopic (exact) mass is 335 g/mol. The van der Waals surface area contributed by atoms with Crippen molar-refractivity contribution in [2.24, 2.45) is 0 Å². The molecule has 0 saturated carbocycles. The average Bonchev–Trinajstić information content (AvgIpc) is 2.95. The van der Waals surface area contributed by atoms with Gasteiger partial charge in [0, 0.05) is 17.5 Å². The van der Waals surface area contributed by atoms with Gasteiger partial charge in [-0.1, -0.05) is 18.2 Å². The fourth-order valence-corrected chi connectivity index (χ4v) is 2.39. The molecule has 0 amide bonds. The summed E-state index contributed by atoms with van der Waals surface area (Å²) < 4.78 is 39.6. The quantitative estimate of drug-likeness (QED) is 0.754. The number of nitrogens with zero attached hydrogens (tertiary/aromatic N) is 3. The fourth-order valence-electron chi connectivity index (χ4n) is 2.11. The van der Waals surface area contributed by atoms with E-state index in [1.165, 1.54) is 10.6 Å². The van der Waals surface area contributed by atoms with Gasteiger partial charge in [0.05, 0.1) is 28.4 Å². The first-order valence-electron chi connectivity index (χ1n) is 6.32. The van der Waals surface area contributed by atoms with E-state index in [0.29, 0.717) is 5.69 Å². The van der Waals surface area contributed by atoms with E-state index in [1.54, 1.807) is 18.3 Å². The van der Waals surface area contributed by atoms with E-state index in [4.69, 9.17) is 16.9 Å². The Hall–Kier alpha value is -2.70. The Bertz CT molecular complexity index is 837. The van der Waals surface area contributed by atoms with Crippen LogP contribution in [0.3, 0.4) is 0 Å². The molecule has 1 unspecified atom stereocenters. The van der Waals surface area contributed by atoms with Crippen LogP contribution in [-0.2, 0) is 6.18 Å². The summed E-state index contributed by atoms with van der Waals surface area (Å²) in [6, 6.07) is 9.92. The molecule has 1 aromatic heterocycles. The topological polar surface area (TPSA) is 52.5 Å². The Balaban J connectivity index is 2.54. The molecule has 7 heteroatoms. The van der Waals surface area contributed by atoms with Crippen molar-refractivity contribution in [2.75, 3.05) is 0 Å².